The zero-order chi connectivity index (χ0) is 19.6. The Morgan fingerprint density at radius 1 is 1.07 bits per heavy atom. The van der Waals surface area contributed by atoms with E-state index >= 15 is 0 Å². The molecule has 0 bridgehead atoms. The minimum absolute atomic E-state index is 0.0186. The van der Waals surface area contributed by atoms with Gasteiger partial charge in [0.15, 0.2) is 0 Å². The first kappa shape index (κ1) is 19.7. The lowest BCUT2D eigenvalue weighted by molar-refractivity contribution is -0.143. The third kappa shape index (κ3) is 4.28. The van der Waals surface area contributed by atoms with Crippen LogP contribution < -0.4 is 0 Å². The summed E-state index contributed by atoms with van der Waals surface area (Å²) >= 11 is 0. The Labute approximate surface area is 157 Å². The van der Waals surface area contributed by atoms with E-state index in [4.69, 9.17) is 0 Å². The number of benzene rings is 1. The molecule has 3 rings (SSSR count). The van der Waals surface area contributed by atoms with Crippen molar-refractivity contribution < 1.29 is 27.5 Å². The Bertz CT molecular complexity index is 806. The number of piperazine rings is 1. The lowest BCUT2D eigenvalue weighted by Crippen LogP contribution is -2.53. The van der Waals surface area contributed by atoms with Gasteiger partial charge in [-0.1, -0.05) is 0 Å². The fraction of sp³-hybridized carbons (Fsp3) is 0.529. The predicted molar refractivity (Wildman–Crippen MR) is 94.0 cm³/mol. The SMILES string of the molecule is O=C(O)[C@@H]1CCCN1CC(=O)N1CCN(S(=O)(=O)c2ccc(F)cc2)CC1. The molecule has 1 atom stereocenters. The zero-order valence-electron chi connectivity index (χ0n) is 14.8. The number of carbonyl (C=O) groups is 2. The van der Waals surface area contributed by atoms with E-state index in [0.29, 0.717) is 13.0 Å². The Balaban J connectivity index is 1.57. The number of carboxylic acid groups (broad SMARTS) is 1. The van der Waals surface area contributed by atoms with E-state index < -0.39 is 27.9 Å². The summed E-state index contributed by atoms with van der Waals surface area (Å²) in [5.41, 5.74) is 0. The Morgan fingerprint density at radius 2 is 1.70 bits per heavy atom. The molecule has 2 aliphatic heterocycles. The molecule has 2 fully saturated rings. The summed E-state index contributed by atoms with van der Waals surface area (Å²) in [7, 11) is -3.73. The first-order chi connectivity index (χ1) is 12.8. The molecule has 148 valence electrons. The first-order valence-electron chi connectivity index (χ1n) is 8.79. The van der Waals surface area contributed by atoms with Gasteiger partial charge in [0.25, 0.3) is 0 Å². The van der Waals surface area contributed by atoms with Crippen molar-refractivity contribution in [2.24, 2.45) is 0 Å². The van der Waals surface area contributed by atoms with Crippen molar-refractivity contribution in [3.63, 3.8) is 0 Å². The standard InChI is InChI=1S/C17H22FN3O5S/c18-13-3-5-14(6-4-13)27(25,26)21-10-8-19(9-11-21)16(22)12-20-7-1-2-15(20)17(23)24/h3-6,15H,1-2,7-12H2,(H,23,24)/t15-/m0/s1. The third-order valence-electron chi connectivity index (χ3n) is 5.03. The fourth-order valence-corrected chi connectivity index (χ4v) is 4.92. The molecule has 0 aromatic heterocycles. The molecule has 0 unspecified atom stereocenters. The van der Waals surface area contributed by atoms with Crippen molar-refractivity contribution in [2.75, 3.05) is 39.3 Å². The average Bonchev–Trinajstić information content (AvgIpc) is 3.10. The van der Waals surface area contributed by atoms with Crippen LogP contribution in [-0.2, 0) is 19.6 Å². The van der Waals surface area contributed by atoms with Crippen LogP contribution in [-0.4, -0.2) is 84.8 Å². The Kier molecular flexibility index (Phi) is 5.78. The third-order valence-corrected chi connectivity index (χ3v) is 6.94. The molecular formula is C17H22FN3O5S. The van der Waals surface area contributed by atoms with Gasteiger partial charge in [-0.15, -0.1) is 0 Å². The number of rotatable bonds is 5. The van der Waals surface area contributed by atoms with Gasteiger partial charge in [0, 0.05) is 26.2 Å². The number of amides is 1. The van der Waals surface area contributed by atoms with Crippen molar-refractivity contribution >= 4 is 21.9 Å². The summed E-state index contributed by atoms with van der Waals surface area (Å²) in [4.78, 5) is 26.9. The van der Waals surface area contributed by atoms with E-state index in [9.17, 15) is 27.5 Å². The van der Waals surface area contributed by atoms with Crippen LogP contribution in [0.5, 0.6) is 0 Å². The molecule has 8 nitrogen and oxygen atoms in total. The molecular weight excluding hydrogens is 377 g/mol. The van der Waals surface area contributed by atoms with Crippen LogP contribution in [0.3, 0.4) is 0 Å². The lowest BCUT2D eigenvalue weighted by atomic mass is 10.2. The molecule has 1 aromatic carbocycles. The molecule has 2 saturated heterocycles. The maximum absolute atomic E-state index is 13.0. The van der Waals surface area contributed by atoms with Gasteiger partial charge in [-0.2, -0.15) is 4.31 Å². The molecule has 2 aliphatic rings. The first-order valence-corrected chi connectivity index (χ1v) is 10.2. The molecule has 27 heavy (non-hydrogen) atoms. The minimum atomic E-state index is -3.73. The topological polar surface area (TPSA) is 98.2 Å². The molecule has 1 N–H and O–H groups in total. The number of halogens is 1. The van der Waals surface area contributed by atoms with E-state index in [1.807, 2.05) is 0 Å². The average molecular weight is 399 g/mol. The molecule has 0 saturated carbocycles. The maximum atomic E-state index is 13.0. The second kappa shape index (κ2) is 7.91. The quantitative estimate of drug-likeness (QED) is 0.760. The number of sulfonamides is 1. The van der Waals surface area contributed by atoms with Crippen molar-refractivity contribution in [2.45, 2.75) is 23.8 Å². The summed E-state index contributed by atoms with van der Waals surface area (Å²) in [6.07, 6.45) is 1.28. The summed E-state index contributed by atoms with van der Waals surface area (Å²) in [5.74, 6) is -1.62. The van der Waals surface area contributed by atoms with E-state index in [1.165, 1.54) is 16.4 Å². The number of hydrogen-bond acceptors (Lipinski definition) is 5. The summed E-state index contributed by atoms with van der Waals surface area (Å²) < 4.78 is 39.5. The van der Waals surface area contributed by atoms with Gasteiger partial charge in [-0.05, 0) is 43.7 Å². The highest BCUT2D eigenvalue weighted by atomic mass is 32.2. The normalized spacial score (nSPS) is 22.1. The number of aliphatic carboxylic acids is 1. The number of likely N-dealkylation sites (tertiary alicyclic amines) is 1. The van der Waals surface area contributed by atoms with E-state index in [0.717, 1.165) is 18.6 Å². The van der Waals surface area contributed by atoms with Gasteiger partial charge in [0.2, 0.25) is 15.9 Å². The van der Waals surface area contributed by atoms with Crippen molar-refractivity contribution in [3.05, 3.63) is 30.1 Å². The molecule has 2 heterocycles. The number of carbonyl (C=O) groups excluding carboxylic acids is 1. The molecule has 10 heteroatoms. The van der Waals surface area contributed by atoms with Crippen LogP contribution in [0.25, 0.3) is 0 Å². The zero-order valence-corrected chi connectivity index (χ0v) is 15.6. The van der Waals surface area contributed by atoms with Gasteiger partial charge >= 0.3 is 5.97 Å². The maximum Gasteiger partial charge on any atom is 0.320 e. The van der Waals surface area contributed by atoms with Crippen LogP contribution in [0.4, 0.5) is 4.39 Å². The molecule has 1 amide bonds. The van der Waals surface area contributed by atoms with Crippen LogP contribution >= 0.6 is 0 Å². The van der Waals surface area contributed by atoms with Crippen molar-refractivity contribution in [3.8, 4) is 0 Å². The number of nitrogens with zero attached hydrogens (tertiary/aromatic N) is 3. The van der Waals surface area contributed by atoms with E-state index in [1.54, 1.807) is 9.80 Å². The fourth-order valence-electron chi connectivity index (χ4n) is 3.50. The Hall–Kier alpha value is -2.04. The number of carboxylic acids is 1. The van der Waals surface area contributed by atoms with Crippen molar-refractivity contribution in [1.82, 2.24) is 14.1 Å². The van der Waals surface area contributed by atoms with Crippen molar-refractivity contribution in [1.29, 1.82) is 0 Å². The summed E-state index contributed by atoms with van der Waals surface area (Å²) in [5, 5.41) is 9.19. The van der Waals surface area contributed by atoms with Gasteiger partial charge in [0.1, 0.15) is 11.9 Å². The van der Waals surface area contributed by atoms with Gasteiger partial charge in [0.05, 0.1) is 11.4 Å². The number of hydrogen-bond donors (Lipinski definition) is 1. The highest BCUT2D eigenvalue weighted by Crippen LogP contribution is 2.20. The largest absolute Gasteiger partial charge is 0.480 e. The van der Waals surface area contributed by atoms with Gasteiger partial charge in [-0.3, -0.25) is 14.5 Å². The molecule has 0 spiro atoms. The van der Waals surface area contributed by atoms with Gasteiger partial charge < -0.3 is 10.0 Å². The minimum Gasteiger partial charge on any atom is -0.480 e. The van der Waals surface area contributed by atoms with E-state index in [2.05, 4.69) is 0 Å². The van der Waals surface area contributed by atoms with E-state index in [-0.39, 0.29) is 43.5 Å². The summed E-state index contributed by atoms with van der Waals surface area (Å²) in [6.45, 7) is 1.38. The van der Waals surface area contributed by atoms with Crippen LogP contribution in [0, 0.1) is 5.82 Å². The monoisotopic (exact) mass is 399 g/mol. The molecule has 1 aromatic rings. The highest BCUT2D eigenvalue weighted by molar-refractivity contribution is 7.89. The second-order valence-corrected chi connectivity index (χ2v) is 8.64. The van der Waals surface area contributed by atoms with Crippen LogP contribution in [0.1, 0.15) is 12.8 Å². The Morgan fingerprint density at radius 3 is 2.30 bits per heavy atom. The predicted octanol–water partition coefficient (Wildman–Crippen LogP) is 0.208. The second-order valence-electron chi connectivity index (χ2n) is 6.71. The van der Waals surface area contributed by atoms with Gasteiger partial charge in [-0.25, -0.2) is 12.8 Å². The smallest absolute Gasteiger partial charge is 0.320 e. The molecule has 0 radical (unpaired) electrons. The lowest BCUT2D eigenvalue weighted by Gasteiger charge is -2.35. The van der Waals surface area contributed by atoms with Crippen LogP contribution in [0.15, 0.2) is 29.2 Å². The summed E-state index contributed by atoms with van der Waals surface area (Å²) in [6, 6.07) is 4.01. The van der Waals surface area contributed by atoms with Crippen LogP contribution in [0.2, 0.25) is 0 Å². The highest BCUT2D eigenvalue weighted by Gasteiger charge is 2.34. The molecule has 0 aliphatic carbocycles.